The number of aromatic nitrogens is 1. The van der Waals surface area contributed by atoms with Gasteiger partial charge in [0, 0.05) is 22.8 Å². The molecule has 0 saturated heterocycles. The maximum absolute atomic E-state index is 13.7. The van der Waals surface area contributed by atoms with Crippen molar-refractivity contribution in [3.63, 3.8) is 0 Å². The van der Waals surface area contributed by atoms with Crippen LogP contribution in [-0.2, 0) is 0 Å². The van der Waals surface area contributed by atoms with Crippen LogP contribution in [0.2, 0.25) is 0 Å². The lowest BCUT2D eigenvalue weighted by Crippen LogP contribution is -2.19. The van der Waals surface area contributed by atoms with E-state index >= 15 is 0 Å². The summed E-state index contributed by atoms with van der Waals surface area (Å²) in [5, 5.41) is 3.39. The molecule has 0 saturated carbocycles. The third-order valence-electron chi connectivity index (χ3n) is 3.07. The van der Waals surface area contributed by atoms with Gasteiger partial charge >= 0.3 is 0 Å². The van der Waals surface area contributed by atoms with Crippen LogP contribution in [0.4, 0.5) is 4.39 Å². The van der Waals surface area contributed by atoms with Crippen molar-refractivity contribution in [3.8, 4) is 11.6 Å². The number of halogens is 2. The van der Waals surface area contributed by atoms with E-state index in [1.54, 1.807) is 24.4 Å². The predicted molar refractivity (Wildman–Crippen MR) is 85.1 cm³/mol. The first-order chi connectivity index (χ1) is 10.1. The van der Waals surface area contributed by atoms with Gasteiger partial charge in [0.1, 0.15) is 0 Å². The van der Waals surface area contributed by atoms with Crippen LogP contribution in [-0.4, -0.2) is 11.5 Å². The average Bonchev–Trinajstić information content (AvgIpc) is 2.48. The van der Waals surface area contributed by atoms with Gasteiger partial charge in [-0.15, -0.1) is 0 Å². The molecular weight excluding hydrogens is 335 g/mol. The van der Waals surface area contributed by atoms with Crippen molar-refractivity contribution in [1.29, 1.82) is 0 Å². The molecule has 1 aromatic carbocycles. The van der Waals surface area contributed by atoms with Crippen molar-refractivity contribution >= 4 is 15.9 Å². The number of benzene rings is 1. The van der Waals surface area contributed by atoms with Crippen molar-refractivity contribution in [2.45, 2.75) is 26.3 Å². The topological polar surface area (TPSA) is 34.1 Å². The second-order valence-electron chi connectivity index (χ2n) is 4.78. The fourth-order valence-electron chi connectivity index (χ4n) is 1.86. The molecular formula is C16H18BrFN2O. The monoisotopic (exact) mass is 352 g/mol. The Hall–Kier alpha value is -1.46. The highest BCUT2D eigenvalue weighted by Crippen LogP contribution is 2.26. The van der Waals surface area contributed by atoms with Gasteiger partial charge in [-0.3, -0.25) is 0 Å². The number of ether oxygens (including phenoxy) is 1. The zero-order valence-corrected chi connectivity index (χ0v) is 13.7. The normalized spacial score (nSPS) is 12.2. The molecule has 3 nitrogen and oxygen atoms in total. The van der Waals surface area contributed by atoms with Gasteiger partial charge in [-0.2, -0.15) is 0 Å². The van der Waals surface area contributed by atoms with Gasteiger partial charge in [-0.05, 0) is 43.7 Å². The number of hydrogen-bond acceptors (Lipinski definition) is 3. The third-order valence-corrected chi connectivity index (χ3v) is 3.56. The van der Waals surface area contributed by atoms with E-state index in [-0.39, 0.29) is 11.8 Å². The molecule has 1 aromatic heterocycles. The average molecular weight is 353 g/mol. The van der Waals surface area contributed by atoms with Gasteiger partial charge in [0.05, 0.1) is 0 Å². The van der Waals surface area contributed by atoms with Gasteiger partial charge in [-0.25, -0.2) is 9.37 Å². The van der Waals surface area contributed by atoms with Gasteiger partial charge in [0.25, 0.3) is 0 Å². The molecule has 0 aliphatic heterocycles. The van der Waals surface area contributed by atoms with E-state index in [2.05, 4.69) is 40.1 Å². The molecule has 0 aliphatic carbocycles. The third kappa shape index (κ3) is 4.51. The zero-order valence-electron chi connectivity index (χ0n) is 12.1. The van der Waals surface area contributed by atoms with Gasteiger partial charge in [-0.1, -0.05) is 28.9 Å². The fraction of sp³-hybridized carbons (Fsp3) is 0.312. The first-order valence-corrected chi connectivity index (χ1v) is 7.71. The van der Waals surface area contributed by atoms with Gasteiger partial charge < -0.3 is 10.1 Å². The molecule has 0 aliphatic rings. The second-order valence-corrected chi connectivity index (χ2v) is 5.70. The Morgan fingerprint density at radius 3 is 2.76 bits per heavy atom. The van der Waals surface area contributed by atoms with Crippen LogP contribution in [0.3, 0.4) is 0 Å². The van der Waals surface area contributed by atoms with Crippen LogP contribution in [0, 0.1) is 5.82 Å². The highest BCUT2D eigenvalue weighted by atomic mass is 79.9. The first kappa shape index (κ1) is 15.9. The lowest BCUT2D eigenvalue weighted by atomic mass is 10.1. The van der Waals surface area contributed by atoms with Crippen molar-refractivity contribution in [1.82, 2.24) is 10.3 Å². The molecule has 0 amide bonds. The predicted octanol–water partition coefficient (Wildman–Crippen LogP) is 4.84. The Kier molecular flexibility index (Phi) is 5.70. The van der Waals surface area contributed by atoms with E-state index in [0.29, 0.717) is 10.4 Å². The van der Waals surface area contributed by atoms with Crippen LogP contribution < -0.4 is 10.1 Å². The van der Waals surface area contributed by atoms with Crippen LogP contribution in [0.25, 0.3) is 0 Å². The number of nitrogens with zero attached hydrogens (tertiary/aromatic N) is 1. The molecule has 0 fully saturated rings. The molecule has 1 N–H and O–H groups in total. The molecule has 1 heterocycles. The Morgan fingerprint density at radius 2 is 2.14 bits per heavy atom. The summed E-state index contributed by atoms with van der Waals surface area (Å²) in [6, 6.07) is 8.58. The minimum Gasteiger partial charge on any atom is -0.436 e. The maximum Gasteiger partial charge on any atom is 0.219 e. The Bertz CT molecular complexity index is 589. The zero-order chi connectivity index (χ0) is 15.2. The molecule has 1 unspecified atom stereocenters. The molecule has 2 rings (SSSR count). The van der Waals surface area contributed by atoms with E-state index < -0.39 is 5.82 Å². The second kappa shape index (κ2) is 7.52. The summed E-state index contributed by atoms with van der Waals surface area (Å²) >= 11 is 3.21. The van der Waals surface area contributed by atoms with Gasteiger partial charge in [0.2, 0.25) is 5.88 Å². The summed E-state index contributed by atoms with van der Waals surface area (Å²) in [5.74, 6) is 0.117. The van der Waals surface area contributed by atoms with Crippen molar-refractivity contribution in [2.75, 3.05) is 6.54 Å². The number of pyridine rings is 1. The summed E-state index contributed by atoms with van der Waals surface area (Å²) in [4.78, 5) is 4.23. The Morgan fingerprint density at radius 1 is 1.33 bits per heavy atom. The number of nitrogens with one attached hydrogen (secondary N) is 1. The lowest BCUT2D eigenvalue weighted by molar-refractivity contribution is 0.426. The van der Waals surface area contributed by atoms with Gasteiger partial charge in [0.15, 0.2) is 11.6 Å². The van der Waals surface area contributed by atoms with E-state index in [9.17, 15) is 4.39 Å². The van der Waals surface area contributed by atoms with Crippen molar-refractivity contribution < 1.29 is 9.13 Å². The summed E-state index contributed by atoms with van der Waals surface area (Å²) in [6.07, 6.45) is 2.83. The largest absolute Gasteiger partial charge is 0.436 e. The minimum atomic E-state index is -0.423. The lowest BCUT2D eigenvalue weighted by Gasteiger charge is -2.13. The quantitative estimate of drug-likeness (QED) is 0.807. The first-order valence-electron chi connectivity index (χ1n) is 6.92. The van der Waals surface area contributed by atoms with Crippen molar-refractivity contribution in [2.24, 2.45) is 0 Å². The highest BCUT2D eigenvalue weighted by molar-refractivity contribution is 9.10. The van der Waals surface area contributed by atoms with E-state index in [1.807, 2.05) is 6.07 Å². The molecule has 0 bridgehead atoms. The van der Waals surface area contributed by atoms with Crippen LogP contribution >= 0.6 is 15.9 Å². The highest BCUT2D eigenvalue weighted by Gasteiger charge is 2.08. The maximum atomic E-state index is 13.7. The molecule has 0 radical (unpaired) electrons. The van der Waals surface area contributed by atoms with E-state index in [0.717, 1.165) is 18.5 Å². The summed E-state index contributed by atoms with van der Waals surface area (Å²) < 4.78 is 19.8. The molecule has 2 aromatic rings. The molecule has 0 spiro atoms. The standard InChI is InChI=1S/C16H18BrFN2O/c1-3-8-19-11(2)12-4-7-16(20-10-12)21-15-6-5-13(17)9-14(15)18/h4-7,9-11,19H,3,8H2,1-2H3. The Balaban J connectivity index is 2.05. The molecule has 21 heavy (non-hydrogen) atoms. The number of hydrogen-bond donors (Lipinski definition) is 1. The summed E-state index contributed by atoms with van der Waals surface area (Å²) in [6.45, 7) is 5.17. The van der Waals surface area contributed by atoms with Crippen LogP contribution in [0.15, 0.2) is 41.0 Å². The fourth-order valence-corrected chi connectivity index (χ4v) is 2.19. The van der Waals surface area contributed by atoms with Crippen LogP contribution in [0.5, 0.6) is 11.6 Å². The number of rotatable bonds is 6. The smallest absolute Gasteiger partial charge is 0.219 e. The molecule has 112 valence electrons. The van der Waals surface area contributed by atoms with E-state index in [1.165, 1.54) is 6.07 Å². The summed E-state index contributed by atoms with van der Waals surface area (Å²) in [5.41, 5.74) is 1.08. The Labute approximate surface area is 132 Å². The SMILES string of the molecule is CCCNC(C)c1ccc(Oc2ccc(Br)cc2F)nc1. The van der Waals surface area contributed by atoms with Crippen LogP contribution in [0.1, 0.15) is 31.9 Å². The molecule has 1 atom stereocenters. The summed E-state index contributed by atoms with van der Waals surface area (Å²) in [7, 11) is 0. The van der Waals surface area contributed by atoms with E-state index in [4.69, 9.17) is 4.74 Å². The van der Waals surface area contributed by atoms with Crippen molar-refractivity contribution in [3.05, 3.63) is 52.4 Å². The minimum absolute atomic E-state index is 0.163. The molecule has 5 heteroatoms.